The second-order valence-electron chi connectivity index (χ2n) is 6.22. The first-order valence-corrected chi connectivity index (χ1v) is 7.44. The quantitative estimate of drug-likeness (QED) is 0.419. The number of ether oxygens (including phenoxy) is 1. The van der Waals surface area contributed by atoms with Crippen LogP contribution in [0.15, 0.2) is 35.5 Å². The third-order valence-corrected chi connectivity index (χ3v) is 4.48. The van der Waals surface area contributed by atoms with E-state index >= 15 is 0 Å². The molecule has 1 aliphatic carbocycles. The first-order chi connectivity index (χ1) is 9.36. The van der Waals surface area contributed by atoms with Gasteiger partial charge < -0.3 is 4.74 Å². The van der Waals surface area contributed by atoms with E-state index in [9.17, 15) is 4.79 Å². The summed E-state index contributed by atoms with van der Waals surface area (Å²) in [5.74, 6) is 1.34. The van der Waals surface area contributed by atoms with Crippen molar-refractivity contribution < 1.29 is 9.53 Å². The Morgan fingerprint density at radius 3 is 2.40 bits per heavy atom. The molecule has 0 amide bonds. The smallest absolute Gasteiger partial charge is 0.312 e. The van der Waals surface area contributed by atoms with E-state index in [1.165, 1.54) is 18.3 Å². The van der Waals surface area contributed by atoms with Crippen molar-refractivity contribution in [3.8, 4) is 0 Å². The highest BCUT2D eigenvalue weighted by atomic mass is 16.5. The normalized spacial score (nSPS) is 25.2. The van der Waals surface area contributed by atoms with Gasteiger partial charge in [-0.15, -0.1) is 0 Å². The molecule has 0 N–H and O–H groups in total. The summed E-state index contributed by atoms with van der Waals surface area (Å²) in [5.41, 5.74) is 2.71. The van der Waals surface area contributed by atoms with Gasteiger partial charge in [-0.1, -0.05) is 49.3 Å². The molecule has 0 bridgehead atoms. The Balaban J connectivity index is 2.65. The molecule has 1 rings (SSSR count). The van der Waals surface area contributed by atoms with E-state index in [1.54, 1.807) is 0 Å². The van der Waals surface area contributed by atoms with Crippen LogP contribution in [0.5, 0.6) is 0 Å². The summed E-state index contributed by atoms with van der Waals surface area (Å²) in [5, 5.41) is 0. The minimum absolute atomic E-state index is 0.0540. The van der Waals surface area contributed by atoms with E-state index in [1.807, 2.05) is 6.08 Å². The zero-order valence-corrected chi connectivity index (χ0v) is 13.6. The zero-order valence-electron chi connectivity index (χ0n) is 13.6. The highest BCUT2D eigenvalue weighted by molar-refractivity contribution is 5.74. The predicted octanol–water partition coefficient (Wildman–Crippen LogP) is 4.54. The van der Waals surface area contributed by atoms with Crippen molar-refractivity contribution in [2.45, 2.75) is 41.0 Å². The number of carbonyl (C=O) groups is 1. The molecule has 4 unspecified atom stereocenters. The van der Waals surface area contributed by atoms with Gasteiger partial charge in [0.2, 0.25) is 0 Å². The van der Waals surface area contributed by atoms with Gasteiger partial charge in [-0.05, 0) is 44.9 Å². The number of hydrogen-bond acceptors (Lipinski definition) is 2. The van der Waals surface area contributed by atoms with E-state index in [-0.39, 0.29) is 11.9 Å². The predicted molar refractivity (Wildman–Crippen MR) is 84.3 cm³/mol. The van der Waals surface area contributed by atoms with Crippen molar-refractivity contribution in [2.75, 3.05) is 7.11 Å². The standard InChI is InChI=1S/C18H28O2/c1-12(2)7-8-13(3)14(4)15(5)16-9-10-17(11-16)18(19)20-6/h7-10,14-17H,11H2,1-6H3. The molecule has 0 radical (unpaired) electrons. The lowest BCUT2D eigenvalue weighted by molar-refractivity contribution is -0.143. The van der Waals surface area contributed by atoms with Crippen molar-refractivity contribution in [3.63, 3.8) is 0 Å². The molecule has 0 saturated heterocycles. The maximum absolute atomic E-state index is 11.6. The fourth-order valence-corrected chi connectivity index (χ4v) is 2.68. The van der Waals surface area contributed by atoms with Crippen LogP contribution in [-0.2, 0) is 9.53 Å². The largest absolute Gasteiger partial charge is 0.469 e. The van der Waals surface area contributed by atoms with E-state index in [0.29, 0.717) is 17.8 Å². The molecule has 20 heavy (non-hydrogen) atoms. The van der Waals surface area contributed by atoms with E-state index in [2.05, 4.69) is 52.8 Å². The molecule has 2 nitrogen and oxygen atoms in total. The van der Waals surface area contributed by atoms with Crippen LogP contribution in [0.3, 0.4) is 0 Å². The SMILES string of the molecule is COC(=O)C1C=CC(C(C)C(C)C(C)=CC=C(C)C)C1. The topological polar surface area (TPSA) is 26.3 Å². The summed E-state index contributed by atoms with van der Waals surface area (Å²) >= 11 is 0. The van der Waals surface area contributed by atoms with Gasteiger partial charge in [-0.3, -0.25) is 4.79 Å². The molecular formula is C18H28O2. The van der Waals surface area contributed by atoms with Crippen LogP contribution >= 0.6 is 0 Å². The number of esters is 1. The number of allylic oxidation sites excluding steroid dienone is 5. The molecule has 0 aromatic heterocycles. The molecule has 4 atom stereocenters. The average molecular weight is 276 g/mol. The second-order valence-corrected chi connectivity index (χ2v) is 6.22. The fourth-order valence-electron chi connectivity index (χ4n) is 2.68. The number of methoxy groups -OCH3 is 1. The third-order valence-electron chi connectivity index (χ3n) is 4.48. The molecule has 0 aromatic carbocycles. The first-order valence-electron chi connectivity index (χ1n) is 7.44. The molecule has 0 spiro atoms. The Morgan fingerprint density at radius 2 is 1.85 bits per heavy atom. The highest BCUT2D eigenvalue weighted by Crippen LogP contribution is 2.36. The van der Waals surface area contributed by atoms with Gasteiger partial charge in [0.25, 0.3) is 0 Å². The second kappa shape index (κ2) is 7.47. The summed E-state index contributed by atoms with van der Waals surface area (Å²) < 4.78 is 4.83. The third kappa shape index (κ3) is 4.36. The van der Waals surface area contributed by atoms with Crippen molar-refractivity contribution in [1.29, 1.82) is 0 Å². The van der Waals surface area contributed by atoms with Crippen LogP contribution in [0, 0.1) is 23.7 Å². The summed E-state index contributed by atoms with van der Waals surface area (Å²) in [6.45, 7) is 11.0. The Morgan fingerprint density at radius 1 is 1.20 bits per heavy atom. The highest BCUT2D eigenvalue weighted by Gasteiger charge is 2.31. The first kappa shape index (κ1) is 16.7. The average Bonchev–Trinajstić information content (AvgIpc) is 2.91. The van der Waals surface area contributed by atoms with Gasteiger partial charge in [0.1, 0.15) is 0 Å². The van der Waals surface area contributed by atoms with E-state index in [4.69, 9.17) is 4.74 Å². The maximum atomic E-state index is 11.6. The van der Waals surface area contributed by atoms with Crippen molar-refractivity contribution in [1.82, 2.24) is 0 Å². The zero-order chi connectivity index (χ0) is 15.3. The molecule has 0 fully saturated rings. The molecule has 0 aliphatic heterocycles. The van der Waals surface area contributed by atoms with Crippen molar-refractivity contribution >= 4 is 5.97 Å². The van der Waals surface area contributed by atoms with Gasteiger partial charge in [0.05, 0.1) is 13.0 Å². The summed E-state index contributed by atoms with van der Waals surface area (Å²) in [6, 6.07) is 0. The Hall–Kier alpha value is -1.31. The summed E-state index contributed by atoms with van der Waals surface area (Å²) in [4.78, 5) is 11.6. The summed E-state index contributed by atoms with van der Waals surface area (Å²) in [6.07, 6.45) is 9.47. The van der Waals surface area contributed by atoms with Crippen LogP contribution in [0.1, 0.15) is 41.0 Å². The van der Waals surface area contributed by atoms with Crippen LogP contribution in [0.25, 0.3) is 0 Å². The van der Waals surface area contributed by atoms with Gasteiger partial charge in [0.15, 0.2) is 0 Å². The number of carbonyl (C=O) groups excluding carboxylic acids is 1. The Kier molecular flexibility index (Phi) is 6.25. The lowest BCUT2D eigenvalue weighted by Crippen LogP contribution is -2.20. The number of hydrogen-bond donors (Lipinski definition) is 0. The molecule has 0 saturated carbocycles. The van der Waals surface area contributed by atoms with Crippen LogP contribution < -0.4 is 0 Å². The minimum Gasteiger partial charge on any atom is -0.469 e. The summed E-state index contributed by atoms with van der Waals surface area (Å²) in [7, 11) is 1.46. The lowest BCUT2D eigenvalue weighted by atomic mass is 9.79. The van der Waals surface area contributed by atoms with E-state index < -0.39 is 0 Å². The van der Waals surface area contributed by atoms with Crippen LogP contribution in [0.4, 0.5) is 0 Å². The molecule has 1 aliphatic rings. The van der Waals surface area contributed by atoms with Gasteiger partial charge in [-0.25, -0.2) is 0 Å². The minimum atomic E-state index is -0.111. The molecular weight excluding hydrogens is 248 g/mol. The Labute approximate surface area is 123 Å². The van der Waals surface area contributed by atoms with Crippen molar-refractivity contribution in [3.05, 3.63) is 35.5 Å². The van der Waals surface area contributed by atoms with Crippen molar-refractivity contribution in [2.24, 2.45) is 23.7 Å². The molecule has 2 heteroatoms. The van der Waals surface area contributed by atoms with Gasteiger partial charge >= 0.3 is 5.97 Å². The molecule has 112 valence electrons. The van der Waals surface area contributed by atoms with Crippen LogP contribution in [0.2, 0.25) is 0 Å². The van der Waals surface area contributed by atoms with E-state index in [0.717, 1.165) is 6.42 Å². The van der Waals surface area contributed by atoms with Gasteiger partial charge in [-0.2, -0.15) is 0 Å². The van der Waals surface area contributed by atoms with Gasteiger partial charge in [0, 0.05) is 0 Å². The molecule has 0 aromatic rings. The fraction of sp³-hybridized carbons (Fsp3) is 0.611. The number of rotatable bonds is 5. The Bertz CT molecular complexity index is 425. The lowest BCUT2D eigenvalue weighted by Gasteiger charge is -2.26. The monoisotopic (exact) mass is 276 g/mol. The molecule has 0 heterocycles. The van der Waals surface area contributed by atoms with Crippen LogP contribution in [-0.4, -0.2) is 13.1 Å². The maximum Gasteiger partial charge on any atom is 0.312 e.